The highest BCUT2D eigenvalue weighted by Crippen LogP contribution is 2.28. The minimum absolute atomic E-state index is 0.0888. The number of ketones is 1. The smallest absolute Gasteiger partial charge is 0.408 e. The number of amides is 4. The minimum atomic E-state index is -1.45. The van der Waals surface area contributed by atoms with Crippen molar-refractivity contribution in [1.29, 1.82) is 0 Å². The van der Waals surface area contributed by atoms with Gasteiger partial charge in [0.15, 0.2) is 11.6 Å². The molecule has 5 rings (SSSR count). The molecular weight excluding hydrogens is 827 g/mol. The van der Waals surface area contributed by atoms with E-state index in [1.165, 1.54) is 20.2 Å². The maximum Gasteiger partial charge on any atom is 0.408 e. The predicted octanol–water partition coefficient (Wildman–Crippen LogP) is 6.14. The maximum atomic E-state index is 14.2. The van der Waals surface area contributed by atoms with Gasteiger partial charge in [0.05, 0.1) is 19.5 Å². The Morgan fingerprint density at radius 1 is 0.875 bits per heavy atom. The lowest BCUT2D eigenvalue weighted by molar-refractivity contribution is -0.134. The third-order valence-corrected chi connectivity index (χ3v) is 9.92. The number of carbonyl (C=O) groups is 5. The van der Waals surface area contributed by atoms with Gasteiger partial charge in [-0.25, -0.2) is 9.78 Å². The van der Waals surface area contributed by atoms with E-state index in [0.29, 0.717) is 31.5 Å². The van der Waals surface area contributed by atoms with Crippen molar-refractivity contribution in [3.63, 3.8) is 0 Å². The number of aromatic nitrogens is 2. The molecule has 0 saturated carbocycles. The first-order valence-corrected chi connectivity index (χ1v) is 19.6. The average molecular weight is 877 g/mol. The van der Waals surface area contributed by atoms with E-state index < -0.39 is 41.1 Å². The molecule has 4 aromatic rings. The van der Waals surface area contributed by atoms with Gasteiger partial charge in [-0.3, -0.25) is 19.2 Å². The van der Waals surface area contributed by atoms with Crippen molar-refractivity contribution in [3.8, 4) is 0 Å². The molecular formula is C42H49IN6O7. The van der Waals surface area contributed by atoms with Crippen LogP contribution in [0.1, 0.15) is 75.0 Å². The summed E-state index contributed by atoms with van der Waals surface area (Å²) in [6.07, 6.45) is 3.36. The van der Waals surface area contributed by atoms with Gasteiger partial charge in [-0.15, -0.1) is 0 Å². The van der Waals surface area contributed by atoms with E-state index in [2.05, 4.69) is 43.5 Å². The van der Waals surface area contributed by atoms with Crippen molar-refractivity contribution in [2.75, 3.05) is 25.0 Å². The second-order valence-corrected chi connectivity index (χ2v) is 16.5. The first-order valence-electron chi connectivity index (χ1n) is 18.5. The molecule has 1 aliphatic rings. The van der Waals surface area contributed by atoms with Crippen molar-refractivity contribution >= 4 is 58.0 Å². The van der Waals surface area contributed by atoms with Crippen LogP contribution in [0.25, 0.3) is 0 Å². The number of piperidine rings is 1. The molecule has 14 heteroatoms. The lowest BCUT2D eigenvalue weighted by Gasteiger charge is -2.34. The molecule has 1 aliphatic heterocycles. The summed E-state index contributed by atoms with van der Waals surface area (Å²) in [5.74, 6) is -1.35. The molecule has 13 nitrogen and oxygen atoms in total. The molecule has 0 bridgehead atoms. The summed E-state index contributed by atoms with van der Waals surface area (Å²) in [6.45, 7) is 8.97. The molecule has 1 saturated heterocycles. The normalized spacial score (nSPS) is 14.6. The molecule has 2 heterocycles. The number of benzene rings is 3. The van der Waals surface area contributed by atoms with Gasteiger partial charge >= 0.3 is 6.09 Å². The standard InChI is InChI=1S/C42H49IN6O7/c1-41(2,3)56-40(54)47-42(4,5)39(53)45-33(26-55-25-28-12-8-6-9-13-28)37(51)46-34-24-49(27-44-34)35(29-14-10-7-11-15-29)38(52)48-22-20-31(21-23-48)36(50)30-16-18-32(43)19-17-30/h6-19,24,27,31,33,35H,20-23,25-26H2,1-5H3,(H,45,53)(H,46,51)(H,47,54)/t33-,35?/m1/s1. The zero-order valence-corrected chi connectivity index (χ0v) is 34.4. The fourth-order valence-corrected chi connectivity index (χ4v) is 6.58. The molecule has 3 aromatic carbocycles. The summed E-state index contributed by atoms with van der Waals surface area (Å²) >= 11 is 2.21. The average Bonchev–Trinajstić information content (AvgIpc) is 3.61. The largest absolute Gasteiger partial charge is 0.444 e. The Hall–Kier alpha value is -5.09. The van der Waals surface area contributed by atoms with E-state index in [1.54, 1.807) is 36.4 Å². The molecule has 0 aliphatic carbocycles. The van der Waals surface area contributed by atoms with E-state index in [1.807, 2.05) is 84.9 Å². The van der Waals surface area contributed by atoms with E-state index >= 15 is 0 Å². The molecule has 0 radical (unpaired) electrons. The first-order chi connectivity index (χ1) is 26.6. The molecule has 56 heavy (non-hydrogen) atoms. The number of hydrogen-bond donors (Lipinski definition) is 3. The van der Waals surface area contributed by atoms with Crippen LogP contribution in [0.2, 0.25) is 0 Å². The predicted molar refractivity (Wildman–Crippen MR) is 220 cm³/mol. The number of nitrogens with zero attached hydrogens (tertiary/aromatic N) is 3. The zero-order chi connectivity index (χ0) is 40.5. The Bertz CT molecular complexity index is 1970. The number of likely N-dealkylation sites (tertiary alicyclic amines) is 1. The highest BCUT2D eigenvalue weighted by Gasteiger charge is 2.36. The summed E-state index contributed by atoms with van der Waals surface area (Å²) in [5, 5.41) is 8.03. The second-order valence-electron chi connectivity index (χ2n) is 15.3. The number of hydrogen-bond acceptors (Lipinski definition) is 8. The highest BCUT2D eigenvalue weighted by molar-refractivity contribution is 14.1. The van der Waals surface area contributed by atoms with Gasteiger partial charge in [0.2, 0.25) is 11.8 Å². The minimum Gasteiger partial charge on any atom is -0.444 e. The number of carbonyl (C=O) groups excluding carboxylic acids is 5. The molecule has 1 aromatic heterocycles. The maximum absolute atomic E-state index is 14.2. The van der Waals surface area contributed by atoms with Crippen molar-refractivity contribution in [1.82, 2.24) is 25.1 Å². The number of anilines is 1. The van der Waals surface area contributed by atoms with Gasteiger partial charge < -0.3 is 34.9 Å². The Balaban J connectivity index is 1.29. The number of halogens is 1. The first kappa shape index (κ1) is 42.1. The lowest BCUT2D eigenvalue weighted by atomic mass is 9.88. The van der Waals surface area contributed by atoms with Gasteiger partial charge in [-0.2, -0.15) is 0 Å². The molecule has 296 valence electrons. The number of ether oxygens (including phenoxy) is 2. The number of imidazole rings is 1. The van der Waals surface area contributed by atoms with Gasteiger partial charge in [0, 0.05) is 34.3 Å². The number of Topliss-reactive ketones (excluding diaryl/α,β-unsaturated/α-hetero) is 1. The van der Waals surface area contributed by atoms with Crippen LogP contribution < -0.4 is 16.0 Å². The van der Waals surface area contributed by atoms with Crippen molar-refractivity contribution in [3.05, 3.63) is 118 Å². The van der Waals surface area contributed by atoms with Crippen LogP contribution in [0.3, 0.4) is 0 Å². The van der Waals surface area contributed by atoms with Crippen LogP contribution in [0.15, 0.2) is 97.5 Å². The van der Waals surface area contributed by atoms with Crippen LogP contribution in [-0.4, -0.2) is 80.9 Å². The summed E-state index contributed by atoms with van der Waals surface area (Å²) in [4.78, 5) is 73.4. The van der Waals surface area contributed by atoms with Crippen LogP contribution in [-0.2, 0) is 30.5 Å². The molecule has 4 amide bonds. The third-order valence-electron chi connectivity index (χ3n) is 9.21. The van der Waals surface area contributed by atoms with Crippen molar-refractivity contribution in [2.45, 2.75) is 77.3 Å². The van der Waals surface area contributed by atoms with E-state index in [9.17, 15) is 24.0 Å². The molecule has 1 fully saturated rings. The van der Waals surface area contributed by atoms with Crippen molar-refractivity contribution < 1.29 is 33.4 Å². The Kier molecular flexibility index (Phi) is 14.0. The molecule has 1 unspecified atom stereocenters. The Morgan fingerprint density at radius 3 is 2.12 bits per heavy atom. The fourth-order valence-electron chi connectivity index (χ4n) is 6.22. The van der Waals surface area contributed by atoms with Gasteiger partial charge in [0.1, 0.15) is 23.2 Å². The number of alkyl carbamates (subject to hydrolysis) is 1. The summed E-state index contributed by atoms with van der Waals surface area (Å²) in [5.41, 5.74) is 0.0478. The molecule has 0 spiro atoms. The van der Waals surface area contributed by atoms with Gasteiger partial charge in [0.25, 0.3) is 5.91 Å². The molecule has 2 atom stereocenters. The Morgan fingerprint density at radius 2 is 1.50 bits per heavy atom. The summed E-state index contributed by atoms with van der Waals surface area (Å²) in [6, 6.07) is 24.2. The monoisotopic (exact) mass is 876 g/mol. The highest BCUT2D eigenvalue weighted by atomic mass is 127. The van der Waals surface area contributed by atoms with E-state index in [4.69, 9.17) is 9.47 Å². The van der Waals surface area contributed by atoms with Crippen LogP contribution in [0, 0.1) is 9.49 Å². The Labute approximate surface area is 341 Å². The topological polar surface area (TPSA) is 161 Å². The third kappa shape index (κ3) is 11.7. The van der Waals surface area contributed by atoms with Gasteiger partial charge in [-0.1, -0.05) is 72.8 Å². The number of rotatable bonds is 14. The zero-order valence-electron chi connectivity index (χ0n) is 32.3. The van der Waals surface area contributed by atoms with Crippen LogP contribution >= 0.6 is 22.6 Å². The van der Waals surface area contributed by atoms with E-state index in [0.717, 1.165) is 14.7 Å². The van der Waals surface area contributed by atoms with Crippen LogP contribution in [0.4, 0.5) is 10.6 Å². The fraction of sp³-hybridized carbons (Fsp3) is 0.381. The van der Waals surface area contributed by atoms with E-state index in [-0.39, 0.29) is 36.6 Å². The summed E-state index contributed by atoms with van der Waals surface area (Å²) < 4.78 is 13.9. The summed E-state index contributed by atoms with van der Waals surface area (Å²) in [7, 11) is 0. The quantitative estimate of drug-likeness (QED) is 0.101. The molecule has 3 N–H and O–H groups in total. The van der Waals surface area contributed by atoms with Crippen LogP contribution in [0.5, 0.6) is 0 Å². The number of nitrogens with one attached hydrogen (secondary N) is 3. The van der Waals surface area contributed by atoms with Gasteiger partial charge in [-0.05, 0) is 93.3 Å². The SMILES string of the molecule is CC(C)(C)OC(=O)NC(C)(C)C(=O)N[C@H](COCc1ccccc1)C(=O)Nc1cn(C(C(=O)N2CCC(C(=O)c3ccc(I)cc3)CC2)c2ccccc2)cn1. The lowest BCUT2D eigenvalue weighted by Crippen LogP contribution is -2.59. The van der Waals surface area contributed by atoms with Crippen molar-refractivity contribution in [2.24, 2.45) is 5.92 Å². The second kappa shape index (κ2) is 18.7.